The molecule has 0 aliphatic heterocycles. The van der Waals surface area contributed by atoms with Crippen LogP contribution >= 0.6 is 0 Å². The van der Waals surface area contributed by atoms with E-state index in [1.807, 2.05) is 13.8 Å². The third-order valence-corrected chi connectivity index (χ3v) is 2.58. The molecule has 0 heterocycles. The van der Waals surface area contributed by atoms with Gasteiger partial charge in [0.15, 0.2) is 6.61 Å². The largest absolute Gasteiger partial charge is 0.483 e. The van der Waals surface area contributed by atoms with E-state index in [9.17, 15) is 9.59 Å². The lowest BCUT2D eigenvalue weighted by Crippen LogP contribution is -2.29. The first-order chi connectivity index (χ1) is 9.04. The van der Waals surface area contributed by atoms with Gasteiger partial charge in [0.05, 0.1) is 0 Å². The van der Waals surface area contributed by atoms with Crippen molar-refractivity contribution in [2.75, 3.05) is 13.2 Å². The Morgan fingerprint density at radius 3 is 2.74 bits per heavy atom. The summed E-state index contributed by atoms with van der Waals surface area (Å²) in [7, 11) is 0. The maximum atomic E-state index is 11.5. The van der Waals surface area contributed by atoms with Crippen molar-refractivity contribution in [1.82, 2.24) is 5.32 Å². The zero-order valence-corrected chi connectivity index (χ0v) is 11.2. The highest BCUT2D eigenvalue weighted by molar-refractivity contribution is 5.91. The lowest BCUT2D eigenvalue weighted by Gasteiger charge is -2.10. The van der Waals surface area contributed by atoms with Crippen LogP contribution in [0.1, 0.15) is 35.7 Å². The number of aryl methyl sites for hydroxylation is 1. The summed E-state index contributed by atoms with van der Waals surface area (Å²) in [5, 5.41) is 11.7. The van der Waals surface area contributed by atoms with E-state index >= 15 is 0 Å². The maximum Gasteiger partial charge on any atom is 0.339 e. The van der Waals surface area contributed by atoms with E-state index in [2.05, 4.69) is 5.32 Å². The van der Waals surface area contributed by atoms with Crippen LogP contribution in [0.15, 0.2) is 18.2 Å². The zero-order chi connectivity index (χ0) is 14.3. The normalized spacial score (nSPS) is 10.0. The molecule has 0 radical (unpaired) electrons. The Hall–Kier alpha value is -2.04. The number of benzene rings is 1. The first kappa shape index (κ1) is 15.0. The molecule has 0 aliphatic rings. The average molecular weight is 265 g/mol. The van der Waals surface area contributed by atoms with Gasteiger partial charge in [-0.2, -0.15) is 0 Å². The summed E-state index contributed by atoms with van der Waals surface area (Å²) in [5.74, 6) is -1.09. The molecule has 5 nitrogen and oxygen atoms in total. The standard InChI is InChI=1S/C14H19NO4/c1-3-4-7-15-13(16)9-19-12-8-10(2)5-6-11(12)14(17)18/h5-6,8H,3-4,7,9H2,1-2H3,(H,15,16)(H,17,18). The topological polar surface area (TPSA) is 75.6 Å². The molecule has 1 amide bonds. The maximum absolute atomic E-state index is 11.5. The van der Waals surface area contributed by atoms with Gasteiger partial charge in [-0.3, -0.25) is 4.79 Å². The fourth-order valence-electron chi connectivity index (χ4n) is 1.52. The molecule has 0 spiro atoms. The van der Waals surface area contributed by atoms with Gasteiger partial charge >= 0.3 is 5.97 Å². The molecule has 0 unspecified atom stereocenters. The lowest BCUT2D eigenvalue weighted by molar-refractivity contribution is -0.123. The van der Waals surface area contributed by atoms with Crippen LogP contribution in [0.3, 0.4) is 0 Å². The van der Waals surface area contributed by atoms with Gasteiger partial charge in [0.1, 0.15) is 11.3 Å². The summed E-state index contributed by atoms with van der Waals surface area (Å²) in [4.78, 5) is 22.5. The second-order valence-corrected chi connectivity index (χ2v) is 4.30. The van der Waals surface area contributed by atoms with Gasteiger partial charge < -0.3 is 15.2 Å². The molecule has 0 saturated heterocycles. The third kappa shape index (κ3) is 4.99. The number of unbranched alkanes of at least 4 members (excludes halogenated alkanes) is 1. The number of carboxylic acid groups (broad SMARTS) is 1. The summed E-state index contributed by atoms with van der Waals surface area (Å²) in [6.45, 7) is 4.31. The number of carbonyl (C=O) groups excluding carboxylic acids is 1. The van der Waals surface area contributed by atoms with Crippen molar-refractivity contribution in [1.29, 1.82) is 0 Å². The highest BCUT2D eigenvalue weighted by Gasteiger charge is 2.12. The Bertz CT molecular complexity index is 457. The SMILES string of the molecule is CCCCNC(=O)COc1cc(C)ccc1C(=O)O. The van der Waals surface area contributed by atoms with E-state index in [0.29, 0.717) is 6.54 Å². The fourth-order valence-corrected chi connectivity index (χ4v) is 1.52. The molecule has 19 heavy (non-hydrogen) atoms. The number of carboxylic acids is 1. The van der Waals surface area contributed by atoms with Crippen molar-refractivity contribution in [3.05, 3.63) is 29.3 Å². The highest BCUT2D eigenvalue weighted by Crippen LogP contribution is 2.20. The van der Waals surface area contributed by atoms with Gasteiger partial charge in [-0.05, 0) is 31.0 Å². The summed E-state index contributed by atoms with van der Waals surface area (Å²) in [6.07, 6.45) is 1.92. The van der Waals surface area contributed by atoms with E-state index in [0.717, 1.165) is 18.4 Å². The molecule has 0 aromatic heterocycles. The van der Waals surface area contributed by atoms with Crippen LogP contribution in [-0.2, 0) is 4.79 Å². The molecule has 5 heteroatoms. The van der Waals surface area contributed by atoms with E-state index in [-0.39, 0.29) is 23.8 Å². The Kier molecular flexibility index (Phi) is 5.85. The van der Waals surface area contributed by atoms with Gasteiger partial charge in [0, 0.05) is 6.54 Å². The molecule has 2 N–H and O–H groups in total. The second-order valence-electron chi connectivity index (χ2n) is 4.30. The number of amides is 1. The van der Waals surface area contributed by atoms with Crippen molar-refractivity contribution in [2.45, 2.75) is 26.7 Å². The van der Waals surface area contributed by atoms with Crippen LogP contribution in [0, 0.1) is 6.92 Å². The first-order valence-electron chi connectivity index (χ1n) is 6.28. The van der Waals surface area contributed by atoms with E-state index < -0.39 is 5.97 Å². The Morgan fingerprint density at radius 2 is 2.11 bits per heavy atom. The minimum atomic E-state index is -1.07. The van der Waals surface area contributed by atoms with Crippen molar-refractivity contribution in [3.63, 3.8) is 0 Å². The van der Waals surface area contributed by atoms with Crippen LogP contribution in [0.5, 0.6) is 5.75 Å². The van der Waals surface area contributed by atoms with Crippen LogP contribution in [0.25, 0.3) is 0 Å². The number of ether oxygens (including phenoxy) is 1. The van der Waals surface area contributed by atoms with Gasteiger partial charge in [-0.15, -0.1) is 0 Å². The van der Waals surface area contributed by atoms with Gasteiger partial charge in [0.2, 0.25) is 0 Å². The summed E-state index contributed by atoms with van der Waals surface area (Å²) < 4.78 is 5.28. The van der Waals surface area contributed by atoms with Crippen LogP contribution in [-0.4, -0.2) is 30.1 Å². The fraction of sp³-hybridized carbons (Fsp3) is 0.429. The number of carbonyl (C=O) groups is 2. The molecule has 104 valence electrons. The van der Waals surface area contributed by atoms with Gasteiger partial charge in [0.25, 0.3) is 5.91 Å². The molecule has 0 saturated carbocycles. The van der Waals surface area contributed by atoms with Crippen LogP contribution in [0.4, 0.5) is 0 Å². The predicted octanol–water partition coefficient (Wildman–Crippen LogP) is 1.99. The second kappa shape index (κ2) is 7.41. The molecule has 0 fully saturated rings. The van der Waals surface area contributed by atoms with E-state index in [1.54, 1.807) is 12.1 Å². The van der Waals surface area contributed by atoms with Crippen molar-refractivity contribution in [3.8, 4) is 5.75 Å². The summed E-state index contributed by atoms with van der Waals surface area (Å²) in [6, 6.07) is 4.78. The number of rotatable bonds is 7. The number of aromatic carboxylic acids is 1. The molecule has 1 rings (SSSR count). The van der Waals surface area contributed by atoms with Crippen molar-refractivity contribution >= 4 is 11.9 Å². The molecule has 0 aliphatic carbocycles. The van der Waals surface area contributed by atoms with Gasteiger partial charge in [-0.25, -0.2) is 4.79 Å². The first-order valence-corrected chi connectivity index (χ1v) is 6.28. The summed E-state index contributed by atoms with van der Waals surface area (Å²) >= 11 is 0. The average Bonchev–Trinajstić information content (AvgIpc) is 2.36. The van der Waals surface area contributed by atoms with Crippen molar-refractivity contribution in [2.24, 2.45) is 0 Å². The molecular weight excluding hydrogens is 246 g/mol. The number of hydrogen-bond donors (Lipinski definition) is 2. The van der Waals surface area contributed by atoms with Crippen molar-refractivity contribution < 1.29 is 19.4 Å². The van der Waals surface area contributed by atoms with E-state index in [4.69, 9.17) is 9.84 Å². The smallest absolute Gasteiger partial charge is 0.339 e. The molecule has 1 aromatic carbocycles. The zero-order valence-electron chi connectivity index (χ0n) is 11.2. The monoisotopic (exact) mass is 265 g/mol. The van der Waals surface area contributed by atoms with Crippen LogP contribution < -0.4 is 10.1 Å². The molecular formula is C14H19NO4. The Labute approximate surface area is 112 Å². The number of hydrogen-bond acceptors (Lipinski definition) is 3. The summed E-state index contributed by atoms with van der Waals surface area (Å²) in [5.41, 5.74) is 0.943. The molecule has 0 atom stereocenters. The Balaban J connectivity index is 2.59. The molecule has 0 bridgehead atoms. The van der Waals surface area contributed by atoms with Gasteiger partial charge in [-0.1, -0.05) is 19.4 Å². The van der Waals surface area contributed by atoms with E-state index in [1.165, 1.54) is 6.07 Å². The molecule has 1 aromatic rings. The minimum absolute atomic E-state index is 0.0620. The van der Waals surface area contributed by atoms with Crippen LogP contribution in [0.2, 0.25) is 0 Å². The Morgan fingerprint density at radius 1 is 1.37 bits per heavy atom. The third-order valence-electron chi connectivity index (χ3n) is 2.58. The lowest BCUT2D eigenvalue weighted by atomic mass is 10.1. The quantitative estimate of drug-likeness (QED) is 0.739. The highest BCUT2D eigenvalue weighted by atomic mass is 16.5. The minimum Gasteiger partial charge on any atom is -0.483 e. The number of nitrogens with one attached hydrogen (secondary N) is 1. The predicted molar refractivity (Wildman–Crippen MR) is 71.6 cm³/mol.